The average molecular weight is 346 g/mol. The molecule has 1 saturated heterocycles. The van der Waals surface area contributed by atoms with Crippen molar-refractivity contribution in [3.63, 3.8) is 0 Å². The van der Waals surface area contributed by atoms with Gasteiger partial charge in [0.05, 0.1) is 36.0 Å². The van der Waals surface area contributed by atoms with Gasteiger partial charge in [-0.1, -0.05) is 0 Å². The van der Waals surface area contributed by atoms with E-state index in [9.17, 15) is 4.79 Å². The van der Waals surface area contributed by atoms with Gasteiger partial charge in [-0.25, -0.2) is 4.98 Å². The number of hydrogen-bond donors (Lipinski definition) is 1. The van der Waals surface area contributed by atoms with Crippen LogP contribution < -0.4 is 5.32 Å². The summed E-state index contributed by atoms with van der Waals surface area (Å²) in [5.74, 6) is -0.215. The second-order valence-corrected chi connectivity index (χ2v) is 6.33. The molecular weight excluding hydrogens is 328 g/mol. The van der Waals surface area contributed by atoms with Crippen LogP contribution in [-0.2, 0) is 23.1 Å². The third-order valence-corrected chi connectivity index (χ3v) is 4.55. The van der Waals surface area contributed by atoms with Crippen molar-refractivity contribution in [1.82, 2.24) is 14.9 Å². The van der Waals surface area contributed by atoms with E-state index in [4.69, 9.17) is 14.7 Å². The Morgan fingerprint density at radius 3 is 3.25 bits per heavy atom. The summed E-state index contributed by atoms with van der Waals surface area (Å²) >= 11 is 1.52. The third-order valence-electron chi connectivity index (χ3n) is 3.92. The van der Waals surface area contributed by atoms with E-state index >= 15 is 0 Å². The lowest BCUT2D eigenvalue weighted by atomic mass is 10.1. The fourth-order valence-electron chi connectivity index (χ4n) is 2.64. The highest BCUT2D eigenvalue weighted by atomic mass is 32.1. The van der Waals surface area contributed by atoms with Gasteiger partial charge in [0.1, 0.15) is 17.9 Å². The molecule has 24 heavy (non-hydrogen) atoms. The number of thiazole rings is 1. The largest absolute Gasteiger partial charge is 0.379 e. The Balaban J connectivity index is 1.63. The van der Waals surface area contributed by atoms with Crippen molar-refractivity contribution in [2.45, 2.75) is 25.2 Å². The van der Waals surface area contributed by atoms with Crippen LogP contribution in [0.4, 0.5) is 0 Å². The van der Waals surface area contributed by atoms with Gasteiger partial charge in [-0.2, -0.15) is 5.26 Å². The molecule has 2 aromatic heterocycles. The van der Waals surface area contributed by atoms with Gasteiger partial charge in [0, 0.05) is 25.2 Å². The van der Waals surface area contributed by atoms with Crippen molar-refractivity contribution in [3.8, 4) is 6.07 Å². The first-order chi connectivity index (χ1) is 11.7. The van der Waals surface area contributed by atoms with Gasteiger partial charge >= 0.3 is 0 Å². The second-order valence-electron chi connectivity index (χ2n) is 5.61. The normalized spacial score (nSPS) is 20.5. The zero-order valence-electron chi connectivity index (χ0n) is 13.3. The summed E-state index contributed by atoms with van der Waals surface area (Å²) in [4.78, 5) is 16.7. The molecule has 0 saturated carbocycles. The molecule has 2 atom stereocenters. The zero-order valence-corrected chi connectivity index (χ0v) is 14.1. The van der Waals surface area contributed by atoms with E-state index in [-0.39, 0.29) is 18.1 Å². The molecule has 0 unspecified atom stereocenters. The number of aromatic nitrogens is 2. The van der Waals surface area contributed by atoms with Crippen LogP contribution in [-0.4, -0.2) is 40.8 Å². The molecule has 0 radical (unpaired) electrons. The predicted octanol–water partition coefficient (Wildman–Crippen LogP) is 1.46. The van der Waals surface area contributed by atoms with E-state index in [1.54, 1.807) is 29.4 Å². The van der Waals surface area contributed by atoms with Crippen LogP contribution in [0.5, 0.6) is 0 Å². The number of hydrogen-bond acceptors (Lipinski definition) is 6. The molecule has 1 aliphatic heterocycles. The quantitative estimate of drug-likeness (QED) is 0.885. The minimum absolute atomic E-state index is 0.134. The first-order valence-electron chi connectivity index (χ1n) is 7.61. The topological polar surface area (TPSA) is 89.2 Å². The molecule has 0 aromatic carbocycles. The Morgan fingerprint density at radius 1 is 1.67 bits per heavy atom. The summed E-state index contributed by atoms with van der Waals surface area (Å²) in [7, 11) is 1.75. The Kier molecular flexibility index (Phi) is 5.25. The summed E-state index contributed by atoms with van der Waals surface area (Å²) < 4.78 is 13.0. The van der Waals surface area contributed by atoms with Gasteiger partial charge in [0.25, 0.3) is 5.91 Å². The monoisotopic (exact) mass is 346 g/mol. The van der Waals surface area contributed by atoms with Gasteiger partial charge in [0.2, 0.25) is 0 Å². The zero-order chi connectivity index (χ0) is 16.9. The lowest BCUT2D eigenvalue weighted by molar-refractivity contribution is -0.0742. The summed E-state index contributed by atoms with van der Waals surface area (Å²) in [6.45, 7) is 1.41. The van der Waals surface area contributed by atoms with E-state index in [0.717, 1.165) is 5.69 Å². The lowest BCUT2D eigenvalue weighted by Crippen LogP contribution is -2.50. The SMILES string of the molecule is Cn1cc(C#N)cc1C(=O)N[C@H]1CCOC[C@@H]1OCc1cscn1. The van der Waals surface area contributed by atoms with Crippen molar-refractivity contribution in [3.05, 3.63) is 40.1 Å². The summed E-state index contributed by atoms with van der Waals surface area (Å²) in [6, 6.07) is 3.49. The van der Waals surface area contributed by atoms with Crippen LogP contribution in [0.3, 0.4) is 0 Å². The molecule has 1 aliphatic rings. The number of nitrogens with zero attached hydrogens (tertiary/aromatic N) is 3. The van der Waals surface area contributed by atoms with Crippen LogP contribution in [0.15, 0.2) is 23.2 Å². The van der Waals surface area contributed by atoms with Crippen molar-refractivity contribution in [2.24, 2.45) is 7.05 Å². The molecule has 0 spiro atoms. The van der Waals surface area contributed by atoms with Crippen molar-refractivity contribution < 1.29 is 14.3 Å². The van der Waals surface area contributed by atoms with Crippen LogP contribution in [0.25, 0.3) is 0 Å². The molecule has 7 nitrogen and oxygen atoms in total. The molecule has 1 fully saturated rings. The maximum Gasteiger partial charge on any atom is 0.268 e. The van der Waals surface area contributed by atoms with Crippen LogP contribution in [0.2, 0.25) is 0 Å². The Bertz CT molecular complexity index is 735. The van der Waals surface area contributed by atoms with E-state index in [2.05, 4.69) is 10.3 Å². The van der Waals surface area contributed by atoms with E-state index in [1.807, 2.05) is 11.4 Å². The van der Waals surface area contributed by atoms with Crippen LogP contribution >= 0.6 is 11.3 Å². The number of carbonyl (C=O) groups excluding carboxylic acids is 1. The highest BCUT2D eigenvalue weighted by Crippen LogP contribution is 2.15. The summed E-state index contributed by atoms with van der Waals surface area (Å²) in [5.41, 5.74) is 3.55. The Labute approximate surface area is 143 Å². The molecule has 3 rings (SSSR count). The number of rotatable bonds is 5. The maximum atomic E-state index is 12.5. The van der Waals surface area contributed by atoms with Gasteiger partial charge in [-0.05, 0) is 12.5 Å². The number of ether oxygens (including phenoxy) is 2. The minimum atomic E-state index is -0.222. The molecule has 0 bridgehead atoms. The van der Waals surface area contributed by atoms with Gasteiger partial charge in [-0.15, -0.1) is 11.3 Å². The summed E-state index contributed by atoms with van der Waals surface area (Å²) in [5, 5.41) is 13.9. The van der Waals surface area contributed by atoms with Gasteiger partial charge in [0.15, 0.2) is 0 Å². The predicted molar refractivity (Wildman–Crippen MR) is 87.5 cm³/mol. The standard InChI is InChI=1S/C16H18N4O3S/c1-20-6-11(5-17)4-14(20)16(21)19-13-2-3-22-8-15(13)23-7-12-9-24-10-18-12/h4,6,9-10,13,15H,2-3,7-8H2,1H3,(H,19,21)/t13-,15-/m0/s1. The number of aryl methyl sites for hydroxylation is 1. The fraction of sp³-hybridized carbons (Fsp3) is 0.438. The van der Waals surface area contributed by atoms with Crippen molar-refractivity contribution in [1.29, 1.82) is 5.26 Å². The molecule has 2 aromatic rings. The summed E-state index contributed by atoms with van der Waals surface area (Å²) in [6.07, 6.45) is 2.10. The van der Waals surface area contributed by atoms with E-state index in [0.29, 0.717) is 37.5 Å². The van der Waals surface area contributed by atoms with E-state index in [1.165, 1.54) is 11.3 Å². The highest BCUT2D eigenvalue weighted by Gasteiger charge is 2.29. The molecule has 1 amide bonds. The molecule has 0 aliphatic carbocycles. The van der Waals surface area contributed by atoms with Crippen molar-refractivity contribution >= 4 is 17.2 Å². The van der Waals surface area contributed by atoms with E-state index < -0.39 is 0 Å². The maximum absolute atomic E-state index is 12.5. The number of carbonyl (C=O) groups is 1. The second kappa shape index (κ2) is 7.57. The van der Waals surface area contributed by atoms with Gasteiger partial charge < -0.3 is 19.4 Å². The number of nitriles is 1. The highest BCUT2D eigenvalue weighted by molar-refractivity contribution is 7.07. The fourth-order valence-corrected chi connectivity index (χ4v) is 3.18. The smallest absolute Gasteiger partial charge is 0.268 e. The molecule has 3 heterocycles. The number of nitrogens with one attached hydrogen (secondary N) is 1. The number of amides is 1. The van der Waals surface area contributed by atoms with Crippen LogP contribution in [0.1, 0.15) is 28.2 Å². The Morgan fingerprint density at radius 2 is 2.54 bits per heavy atom. The molecule has 126 valence electrons. The first-order valence-corrected chi connectivity index (χ1v) is 8.55. The van der Waals surface area contributed by atoms with Gasteiger partial charge in [-0.3, -0.25) is 4.79 Å². The molecule has 1 N–H and O–H groups in total. The molecule has 8 heteroatoms. The third kappa shape index (κ3) is 3.82. The molecular formula is C16H18N4O3S. The Hall–Kier alpha value is -2.21. The lowest BCUT2D eigenvalue weighted by Gasteiger charge is -2.32. The minimum Gasteiger partial charge on any atom is -0.379 e. The average Bonchev–Trinajstić information content (AvgIpc) is 3.23. The van der Waals surface area contributed by atoms with Crippen molar-refractivity contribution in [2.75, 3.05) is 13.2 Å². The van der Waals surface area contributed by atoms with Crippen LogP contribution in [0, 0.1) is 11.3 Å². The first kappa shape index (κ1) is 16.6.